The first-order chi connectivity index (χ1) is 4.57. The van der Waals surface area contributed by atoms with Crippen LogP contribution in [0.5, 0.6) is 0 Å². The molecule has 4 nitrogen and oxygen atoms in total. The van der Waals surface area contributed by atoms with Crippen LogP contribution in [-0.4, -0.2) is 28.4 Å². The molecule has 0 fully saturated rings. The number of hydrogen-bond acceptors (Lipinski definition) is 3. The van der Waals surface area contributed by atoms with Gasteiger partial charge in [-0.25, -0.2) is 4.21 Å². The van der Waals surface area contributed by atoms with Crippen LogP contribution in [0.25, 0.3) is 0 Å². The number of nitrogens with two attached hydrogens (primary N) is 1. The van der Waals surface area contributed by atoms with Gasteiger partial charge in [-0.05, 0) is 0 Å². The summed E-state index contributed by atoms with van der Waals surface area (Å²) >= 11 is 5.38. The zero-order chi connectivity index (χ0) is 8.15. The molecule has 0 aliphatic heterocycles. The van der Waals surface area contributed by atoms with E-state index in [0.717, 1.165) is 0 Å². The predicted octanol–water partition coefficient (Wildman–Crippen LogP) is -0.611. The second-order valence-electron chi connectivity index (χ2n) is 1.54. The molecule has 0 rings (SSSR count). The van der Waals surface area contributed by atoms with Crippen LogP contribution in [0.15, 0.2) is 0 Å². The number of ether oxygens (including phenoxy) is 1. The minimum Gasteiger partial charge on any atom is -0.468 e. The Labute approximate surface area is 66.3 Å². The standard InChI is InChI=1S/C4H8ClNO3S/c1-9-4(7)3(5)2-10(6)8/h3H,2,6H2,1H3. The fourth-order valence-electron chi connectivity index (χ4n) is 0.340. The summed E-state index contributed by atoms with van der Waals surface area (Å²) < 4.78 is 14.5. The highest BCUT2D eigenvalue weighted by molar-refractivity contribution is 7.82. The highest BCUT2D eigenvalue weighted by Gasteiger charge is 2.16. The molecule has 0 heterocycles. The van der Waals surface area contributed by atoms with Crippen molar-refractivity contribution in [2.24, 2.45) is 5.14 Å². The molecule has 6 heteroatoms. The van der Waals surface area contributed by atoms with Gasteiger partial charge >= 0.3 is 5.97 Å². The number of carbonyl (C=O) groups is 1. The number of alkyl halides is 1. The molecular weight excluding hydrogens is 178 g/mol. The molecule has 0 saturated carbocycles. The second kappa shape index (κ2) is 4.65. The van der Waals surface area contributed by atoms with Crippen LogP contribution in [0.1, 0.15) is 0 Å². The quantitative estimate of drug-likeness (QED) is 0.471. The van der Waals surface area contributed by atoms with E-state index in [2.05, 4.69) is 4.74 Å². The lowest BCUT2D eigenvalue weighted by Crippen LogP contribution is -2.25. The van der Waals surface area contributed by atoms with E-state index in [1.165, 1.54) is 7.11 Å². The minimum atomic E-state index is -1.55. The normalized spacial score (nSPS) is 15.9. The van der Waals surface area contributed by atoms with Gasteiger partial charge in [0.2, 0.25) is 0 Å². The van der Waals surface area contributed by atoms with Gasteiger partial charge in [-0.3, -0.25) is 9.93 Å². The summed E-state index contributed by atoms with van der Waals surface area (Å²) in [5, 5.41) is 3.96. The number of hydrogen-bond donors (Lipinski definition) is 1. The van der Waals surface area contributed by atoms with Gasteiger partial charge in [0, 0.05) is 0 Å². The Hall–Kier alpha value is -0.130. The molecular formula is C4H8ClNO3S. The van der Waals surface area contributed by atoms with Crippen molar-refractivity contribution in [2.45, 2.75) is 5.38 Å². The molecule has 0 bridgehead atoms. The SMILES string of the molecule is COC(=O)C(Cl)CS(N)=O. The van der Waals surface area contributed by atoms with Crippen LogP contribution in [-0.2, 0) is 20.5 Å². The van der Waals surface area contributed by atoms with Gasteiger partial charge in [0.15, 0.2) is 0 Å². The van der Waals surface area contributed by atoms with Crippen molar-refractivity contribution in [1.29, 1.82) is 0 Å². The lowest BCUT2D eigenvalue weighted by molar-refractivity contribution is -0.139. The van der Waals surface area contributed by atoms with E-state index < -0.39 is 22.3 Å². The fraction of sp³-hybridized carbons (Fsp3) is 0.750. The van der Waals surface area contributed by atoms with Gasteiger partial charge in [0.25, 0.3) is 0 Å². The maximum absolute atomic E-state index is 10.5. The molecule has 0 spiro atoms. The van der Waals surface area contributed by atoms with Gasteiger partial charge in [0.05, 0.1) is 23.8 Å². The lowest BCUT2D eigenvalue weighted by Gasteiger charge is -2.02. The highest BCUT2D eigenvalue weighted by atomic mass is 35.5. The zero-order valence-corrected chi connectivity index (χ0v) is 6.95. The van der Waals surface area contributed by atoms with Crippen molar-refractivity contribution in [3.05, 3.63) is 0 Å². The number of halogens is 1. The van der Waals surface area contributed by atoms with Crippen LogP contribution in [0.3, 0.4) is 0 Å². The van der Waals surface area contributed by atoms with E-state index in [9.17, 15) is 9.00 Å². The Morgan fingerprint density at radius 1 is 1.90 bits per heavy atom. The number of esters is 1. The maximum atomic E-state index is 10.5. The molecule has 2 N–H and O–H groups in total. The first-order valence-electron chi connectivity index (χ1n) is 2.42. The van der Waals surface area contributed by atoms with Crippen molar-refractivity contribution in [2.75, 3.05) is 12.9 Å². The van der Waals surface area contributed by atoms with Gasteiger partial charge < -0.3 is 4.74 Å². The van der Waals surface area contributed by atoms with Crippen LogP contribution < -0.4 is 5.14 Å². The van der Waals surface area contributed by atoms with Gasteiger partial charge in [-0.15, -0.1) is 11.6 Å². The summed E-state index contributed by atoms with van der Waals surface area (Å²) in [4.78, 5) is 10.5. The molecule has 2 unspecified atom stereocenters. The summed E-state index contributed by atoms with van der Waals surface area (Å²) in [5.74, 6) is -0.686. The van der Waals surface area contributed by atoms with Crippen LogP contribution in [0.4, 0.5) is 0 Å². The van der Waals surface area contributed by atoms with Crippen molar-refractivity contribution >= 4 is 28.6 Å². The largest absolute Gasteiger partial charge is 0.468 e. The Morgan fingerprint density at radius 3 is 2.70 bits per heavy atom. The van der Waals surface area contributed by atoms with Crippen LogP contribution in [0.2, 0.25) is 0 Å². The Balaban J connectivity index is 3.72. The van der Waals surface area contributed by atoms with E-state index in [1.54, 1.807) is 0 Å². The third kappa shape index (κ3) is 3.81. The van der Waals surface area contributed by atoms with Gasteiger partial charge in [-0.1, -0.05) is 0 Å². The Kier molecular flexibility index (Phi) is 4.59. The lowest BCUT2D eigenvalue weighted by atomic mass is 10.5. The third-order valence-electron chi connectivity index (χ3n) is 0.768. The summed E-state index contributed by atoms with van der Waals surface area (Å²) in [6.07, 6.45) is 0. The maximum Gasteiger partial charge on any atom is 0.324 e. The van der Waals surface area contributed by atoms with E-state index in [4.69, 9.17) is 16.7 Å². The molecule has 10 heavy (non-hydrogen) atoms. The number of methoxy groups -OCH3 is 1. The molecule has 0 aromatic carbocycles. The second-order valence-corrected chi connectivity index (χ2v) is 3.16. The molecule has 0 aromatic heterocycles. The smallest absolute Gasteiger partial charge is 0.324 e. The van der Waals surface area contributed by atoms with Gasteiger partial charge in [0.1, 0.15) is 5.38 Å². The Morgan fingerprint density at radius 2 is 2.40 bits per heavy atom. The van der Waals surface area contributed by atoms with E-state index in [0.29, 0.717) is 0 Å². The average molecular weight is 186 g/mol. The average Bonchev–Trinajstić information content (AvgIpc) is 1.85. The van der Waals surface area contributed by atoms with Crippen molar-refractivity contribution < 1.29 is 13.7 Å². The van der Waals surface area contributed by atoms with Gasteiger partial charge in [-0.2, -0.15) is 0 Å². The van der Waals surface area contributed by atoms with E-state index >= 15 is 0 Å². The molecule has 60 valence electrons. The van der Waals surface area contributed by atoms with Crippen molar-refractivity contribution in [3.8, 4) is 0 Å². The molecule has 0 aliphatic carbocycles. The van der Waals surface area contributed by atoms with Crippen molar-refractivity contribution in [1.82, 2.24) is 0 Å². The first kappa shape index (κ1) is 9.87. The molecule has 0 amide bonds. The minimum absolute atomic E-state index is 0.0752. The molecule has 0 aliphatic rings. The summed E-state index contributed by atoms with van der Waals surface area (Å²) in [6.45, 7) is 0. The molecule has 0 saturated heterocycles. The number of rotatable bonds is 3. The summed E-state index contributed by atoms with van der Waals surface area (Å²) in [7, 11) is -0.345. The zero-order valence-electron chi connectivity index (χ0n) is 5.37. The molecule has 0 radical (unpaired) electrons. The first-order valence-corrected chi connectivity index (χ1v) is 4.24. The topological polar surface area (TPSA) is 69.4 Å². The third-order valence-corrected chi connectivity index (χ3v) is 1.94. The predicted molar refractivity (Wildman–Crippen MR) is 38.9 cm³/mol. The summed E-state index contributed by atoms with van der Waals surface area (Å²) in [6, 6.07) is 0. The summed E-state index contributed by atoms with van der Waals surface area (Å²) in [5.41, 5.74) is 0. The van der Waals surface area contributed by atoms with Crippen LogP contribution >= 0.6 is 11.6 Å². The molecule has 0 aromatic rings. The van der Waals surface area contributed by atoms with E-state index in [1.807, 2.05) is 0 Å². The number of carbonyl (C=O) groups excluding carboxylic acids is 1. The van der Waals surface area contributed by atoms with Crippen LogP contribution in [0, 0.1) is 0 Å². The Bertz CT molecular complexity index is 151. The molecule has 2 atom stereocenters. The highest BCUT2D eigenvalue weighted by Crippen LogP contribution is 1.98. The monoisotopic (exact) mass is 185 g/mol. The van der Waals surface area contributed by atoms with Crippen molar-refractivity contribution in [3.63, 3.8) is 0 Å². The fourth-order valence-corrected chi connectivity index (χ4v) is 1.23. The van der Waals surface area contributed by atoms with E-state index in [-0.39, 0.29) is 5.75 Å².